The molecule has 0 atom stereocenters. The van der Waals surface area contributed by atoms with Crippen LogP contribution in [-0.2, 0) is 14.8 Å². The maximum atomic E-state index is 12.6. The van der Waals surface area contributed by atoms with Crippen molar-refractivity contribution in [3.05, 3.63) is 41.5 Å². The van der Waals surface area contributed by atoms with Crippen LogP contribution < -0.4 is 0 Å². The first kappa shape index (κ1) is 16.7. The molecule has 1 aliphatic rings. The van der Waals surface area contributed by atoms with E-state index in [2.05, 4.69) is 0 Å². The second-order valence-corrected chi connectivity index (χ2v) is 7.70. The lowest BCUT2D eigenvalue weighted by atomic mass is 10.2. The van der Waals surface area contributed by atoms with E-state index >= 15 is 0 Å². The van der Waals surface area contributed by atoms with Crippen molar-refractivity contribution in [3.8, 4) is 0 Å². The largest absolute Gasteiger partial charge is 0.337 e. The minimum absolute atomic E-state index is 0.0487. The van der Waals surface area contributed by atoms with Crippen molar-refractivity contribution in [1.82, 2.24) is 9.21 Å². The average Bonchev–Trinajstić information content (AvgIpc) is 2.47. The molecule has 1 aromatic carbocycles. The Labute approximate surface area is 132 Å². The Bertz CT molecular complexity index is 666. The Balaban J connectivity index is 2.06. The molecule has 0 N–H and O–H groups in total. The summed E-state index contributed by atoms with van der Waals surface area (Å²) in [7, 11) is -3.47. The fourth-order valence-corrected chi connectivity index (χ4v) is 3.77. The first-order valence-corrected chi connectivity index (χ1v) is 8.75. The Hall–Kier alpha value is -1.66. The molecular weight excluding hydrogens is 300 g/mol. The van der Waals surface area contributed by atoms with Crippen LogP contribution in [0.5, 0.6) is 0 Å². The highest BCUT2D eigenvalue weighted by Gasteiger charge is 2.29. The standard InChI is InChI=1S/C16H22N2O3S/c1-13(2)12-16(19)17-8-10-18(11-9-17)22(20,21)15-6-4-14(3)5-7-15/h4-7,12H,8-11H2,1-3H3. The Kier molecular flexibility index (Phi) is 5.03. The third-order valence-corrected chi connectivity index (χ3v) is 5.53. The molecule has 1 aromatic rings. The van der Waals surface area contributed by atoms with Crippen LogP contribution in [0.25, 0.3) is 0 Å². The van der Waals surface area contributed by atoms with Gasteiger partial charge in [-0.2, -0.15) is 4.31 Å². The number of hydrogen-bond donors (Lipinski definition) is 0. The molecule has 1 saturated heterocycles. The quantitative estimate of drug-likeness (QED) is 0.797. The number of carbonyl (C=O) groups excluding carboxylic acids is 1. The van der Waals surface area contributed by atoms with Crippen LogP contribution in [0.4, 0.5) is 0 Å². The number of benzene rings is 1. The van der Waals surface area contributed by atoms with Gasteiger partial charge in [-0.1, -0.05) is 23.3 Å². The molecule has 0 bridgehead atoms. The zero-order valence-electron chi connectivity index (χ0n) is 13.2. The highest BCUT2D eigenvalue weighted by molar-refractivity contribution is 7.89. The van der Waals surface area contributed by atoms with Crippen molar-refractivity contribution < 1.29 is 13.2 Å². The molecule has 1 fully saturated rings. The molecule has 0 radical (unpaired) electrons. The van der Waals surface area contributed by atoms with Crippen molar-refractivity contribution in [2.75, 3.05) is 26.2 Å². The van der Waals surface area contributed by atoms with Crippen LogP contribution in [0.3, 0.4) is 0 Å². The molecule has 1 heterocycles. The van der Waals surface area contributed by atoms with Gasteiger partial charge in [0.2, 0.25) is 15.9 Å². The third kappa shape index (κ3) is 3.75. The van der Waals surface area contributed by atoms with Crippen LogP contribution in [0.15, 0.2) is 40.8 Å². The van der Waals surface area contributed by atoms with E-state index in [1.807, 2.05) is 20.8 Å². The molecule has 1 amide bonds. The second kappa shape index (κ2) is 6.62. The summed E-state index contributed by atoms with van der Waals surface area (Å²) in [5, 5.41) is 0. The zero-order chi connectivity index (χ0) is 16.3. The average molecular weight is 322 g/mol. The summed E-state index contributed by atoms with van der Waals surface area (Å²) in [6.45, 7) is 7.18. The minimum Gasteiger partial charge on any atom is -0.337 e. The summed E-state index contributed by atoms with van der Waals surface area (Å²) >= 11 is 0. The van der Waals surface area contributed by atoms with Crippen molar-refractivity contribution in [2.45, 2.75) is 25.7 Å². The highest BCUT2D eigenvalue weighted by Crippen LogP contribution is 2.18. The molecule has 0 saturated carbocycles. The van der Waals surface area contributed by atoms with Gasteiger partial charge < -0.3 is 4.90 Å². The lowest BCUT2D eigenvalue weighted by Crippen LogP contribution is -2.50. The van der Waals surface area contributed by atoms with Crippen molar-refractivity contribution in [2.24, 2.45) is 0 Å². The number of sulfonamides is 1. The molecule has 5 nitrogen and oxygen atoms in total. The van der Waals surface area contributed by atoms with Gasteiger partial charge in [-0.3, -0.25) is 4.79 Å². The van der Waals surface area contributed by atoms with Crippen LogP contribution in [0.1, 0.15) is 19.4 Å². The number of nitrogens with zero attached hydrogens (tertiary/aromatic N) is 2. The van der Waals surface area contributed by atoms with Gasteiger partial charge in [0, 0.05) is 32.3 Å². The first-order chi connectivity index (χ1) is 10.3. The number of allylic oxidation sites excluding steroid dienone is 1. The van der Waals surface area contributed by atoms with Gasteiger partial charge in [-0.05, 0) is 32.9 Å². The summed E-state index contributed by atoms with van der Waals surface area (Å²) in [4.78, 5) is 14.0. The normalized spacial score (nSPS) is 16.4. The van der Waals surface area contributed by atoms with E-state index < -0.39 is 10.0 Å². The maximum Gasteiger partial charge on any atom is 0.246 e. The molecular formula is C16H22N2O3S. The molecule has 6 heteroatoms. The molecule has 0 unspecified atom stereocenters. The van der Waals surface area contributed by atoms with E-state index in [1.165, 1.54) is 4.31 Å². The monoisotopic (exact) mass is 322 g/mol. The Morgan fingerprint density at radius 3 is 2.09 bits per heavy atom. The molecule has 1 aliphatic heterocycles. The molecule has 120 valence electrons. The van der Waals surface area contributed by atoms with E-state index in [-0.39, 0.29) is 5.91 Å². The summed E-state index contributed by atoms with van der Waals surface area (Å²) in [6.07, 6.45) is 1.59. The van der Waals surface area contributed by atoms with Gasteiger partial charge in [0.1, 0.15) is 0 Å². The Morgan fingerprint density at radius 1 is 1.05 bits per heavy atom. The topological polar surface area (TPSA) is 57.7 Å². The summed E-state index contributed by atoms with van der Waals surface area (Å²) < 4.78 is 26.6. The van der Waals surface area contributed by atoms with E-state index in [1.54, 1.807) is 35.2 Å². The van der Waals surface area contributed by atoms with E-state index in [4.69, 9.17) is 0 Å². The lowest BCUT2D eigenvalue weighted by Gasteiger charge is -2.33. The van der Waals surface area contributed by atoms with Gasteiger partial charge >= 0.3 is 0 Å². The predicted octanol–water partition coefficient (Wildman–Crippen LogP) is 1.79. The first-order valence-electron chi connectivity index (χ1n) is 7.31. The van der Waals surface area contributed by atoms with Gasteiger partial charge in [-0.25, -0.2) is 8.42 Å². The zero-order valence-corrected chi connectivity index (χ0v) is 14.1. The van der Waals surface area contributed by atoms with Crippen molar-refractivity contribution in [1.29, 1.82) is 0 Å². The van der Waals surface area contributed by atoms with E-state index in [9.17, 15) is 13.2 Å². The number of piperazine rings is 1. The SMILES string of the molecule is CC(C)=CC(=O)N1CCN(S(=O)(=O)c2ccc(C)cc2)CC1. The number of hydrogen-bond acceptors (Lipinski definition) is 3. The fraction of sp³-hybridized carbons (Fsp3) is 0.438. The van der Waals surface area contributed by atoms with Gasteiger partial charge in [0.15, 0.2) is 0 Å². The molecule has 0 aliphatic carbocycles. The molecule has 0 aromatic heterocycles. The van der Waals surface area contributed by atoms with E-state index in [0.717, 1.165) is 11.1 Å². The second-order valence-electron chi connectivity index (χ2n) is 5.76. The molecule has 2 rings (SSSR count). The van der Waals surface area contributed by atoms with Crippen LogP contribution in [-0.4, -0.2) is 49.7 Å². The predicted molar refractivity (Wildman–Crippen MR) is 85.9 cm³/mol. The fourth-order valence-electron chi connectivity index (χ4n) is 2.35. The smallest absolute Gasteiger partial charge is 0.246 e. The summed E-state index contributed by atoms with van der Waals surface area (Å²) in [5.41, 5.74) is 1.97. The van der Waals surface area contributed by atoms with Crippen molar-refractivity contribution >= 4 is 15.9 Å². The van der Waals surface area contributed by atoms with Crippen LogP contribution in [0, 0.1) is 6.92 Å². The number of amides is 1. The Morgan fingerprint density at radius 2 is 1.59 bits per heavy atom. The molecule has 0 spiro atoms. The third-order valence-electron chi connectivity index (χ3n) is 3.62. The van der Waals surface area contributed by atoms with Crippen LogP contribution >= 0.6 is 0 Å². The maximum absolute atomic E-state index is 12.6. The summed E-state index contributed by atoms with van der Waals surface area (Å²) in [6, 6.07) is 6.85. The van der Waals surface area contributed by atoms with Gasteiger partial charge in [0.25, 0.3) is 0 Å². The lowest BCUT2D eigenvalue weighted by molar-refractivity contribution is -0.127. The highest BCUT2D eigenvalue weighted by atomic mass is 32.2. The van der Waals surface area contributed by atoms with Gasteiger partial charge in [0.05, 0.1) is 4.90 Å². The summed E-state index contributed by atoms with van der Waals surface area (Å²) in [5.74, 6) is -0.0487. The van der Waals surface area contributed by atoms with Crippen LogP contribution in [0.2, 0.25) is 0 Å². The number of aryl methyl sites for hydroxylation is 1. The minimum atomic E-state index is -3.47. The number of rotatable bonds is 3. The number of carbonyl (C=O) groups is 1. The molecule has 22 heavy (non-hydrogen) atoms. The van der Waals surface area contributed by atoms with Crippen molar-refractivity contribution in [3.63, 3.8) is 0 Å². The van der Waals surface area contributed by atoms with Gasteiger partial charge in [-0.15, -0.1) is 0 Å². The van der Waals surface area contributed by atoms with E-state index in [0.29, 0.717) is 31.1 Å².